The molecule has 1 unspecified atom stereocenters. The second-order valence-electron chi connectivity index (χ2n) is 6.83. The first-order valence-electron chi connectivity index (χ1n) is 9.35. The number of phenols is 1. The largest absolute Gasteiger partial charge is 0.508 e. The van der Waals surface area contributed by atoms with Crippen LogP contribution >= 0.6 is 11.6 Å². The first kappa shape index (κ1) is 20.7. The summed E-state index contributed by atoms with van der Waals surface area (Å²) in [5.41, 5.74) is 1.10. The summed E-state index contributed by atoms with van der Waals surface area (Å²) >= 11 is 5.87. The molecule has 0 spiro atoms. The standard InChI is InChI=1S/C21H22ClN3O4/c22-16-5-7-17(8-6-16)25-13-15(12-19(25)27)21(29)24-10-2-9-23-20(28)14-3-1-4-18(26)11-14/h1,3-8,11,15,26H,2,9-10,12-13H2,(H,23,28)(H,24,29). The van der Waals surface area contributed by atoms with Gasteiger partial charge < -0.3 is 20.6 Å². The number of amides is 3. The van der Waals surface area contributed by atoms with Crippen molar-refractivity contribution in [1.29, 1.82) is 0 Å². The fourth-order valence-corrected chi connectivity index (χ4v) is 3.28. The van der Waals surface area contributed by atoms with Crippen LogP contribution in [0.3, 0.4) is 0 Å². The minimum Gasteiger partial charge on any atom is -0.508 e. The van der Waals surface area contributed by atoms with Gasteiger partial charge in [0, 0.05) is 42.3 Å². The van der Waals surface area contributed by atoms with E-state index in [1.807, 2.05) is 0 Å². The van der Waals surface area contributed by atoms with Gasteiger partial charge in [0.25, 0.3) is 5.91 Å². The molecular weight excluding hydrogens is 394 g/mol. The summed E-state index contributed by atoms with van der Waals surface area (Å²) in [5.74, 6) is -0.920. The van der Waals surface area contributed by atoms with Crippen LogP contribution in [0.5, 0.6) is 5.75 Å². The normalized spacial score (nSPS) is 16.0. The van der Waals surface area contributed by atoms with Gasteiger partial charge in [0.15, 0.2) is 0 Å². The molecule has 3 amide bonds. The number of nitrogens with one attached hydrogen (secondary N) is 2. The van der Waals surface area contributed by atoms with Gasteiger partial charge in [0.1, 0.15) is 5.75 Å². The van der Waals surface area contributed by atoms with Crippen molar-refractivity contribution < 1.29 is 19.5 Å². The number of benzene rings is 2. The Morgan fingerprint density at radius 1 is 1.10 bits per heavy atom. The zero-order valence-corrected chi connectivity index (χ0v) is 16.5. The fraction of sp³-hybridized carbons (Fsp3) is 0.286. The van der Waals surface area contributed by atoms with Crippen LogP contribution in [0, 0.1) is 5.92 Å². The molecule has 7 nitrogen and oxygen atoms in total. The quantitative estimate of drug-likeness (QED) is 0.604. The number of carbonyl (C=O) groups excluding carboxylic acids is 3. The van der Waals surface area contributed by atoms with Crippen LogP contribution in [0.25, 0.3) is 0 Å². The third-order valence-corrected chi connectivity index (χ3v) is 4.93. The molecule has 1 heterocycles. The van der Waals surface area contributed by atoms with Crippen LogP contribution in [-0.4, -0.2) is 42.5 Å². The Morgan fingerprint density at radius 2 is 1.83 bits per heavy atom. The van der Waals surface area contributed by atoms with Crippen molar-refractivity contribution in [2.75, 3.05) is 24.5 Å². The van der Waals surface area contributed by atoms with Gasteiger partial charge in [-0.05, 0) is 48.9 Å². The van der Waals surface area contributed by atoms with E-state index in [0.717, 1.165) is 5.69 Å². The Labute approximate surface area is 173 Å². The van der Waals surface area contributed by atoms with Crippen molar-refractivity contribution in [2.45, 2.75) is 12.8 Å². The third-order valence-electron chi connectivity index (χ3n) is 4.68. The number of carbonyl (C=O) groups is 3. The lowest BCUT2D eigenvalue weighted by atomic mass is 10.1. The van der Waals surface area contributed by atoms with Gasteiger partial charge in [0.2, 0.25) is 11.8 Å². The number of halogens is 1. The lowest BCUT2D eigenvalue weighted by Crippen LogP contribution is -2.35. The van der Waals surface area contributed by atoms with Crippen LogP contribution in [0.4, 0.5) is 5.69 Å². The molecule has 0 aliphatic carbocycles. The molecule has 1 atom stereocenters. The van der Waals surface area contributed by atoms with Crippen molar-refractivity contribution in [3.05, 3.63) is 59.1 Å². The molecule has 0 bridgehead atoms. The predicted molar refractivity (Wildman–Crippen MR) is 110 cm³/mol. The van der Waals surface area contributed by atoms with Crippen molar-refractivity contribution in [3.8, 4) is 5.75 Å². The zero-order valence-electron chi connectivity index (χ0n) is 15.7. The highest BCUT2D eigenvalue weighted by Crippen LogP contribution is 2.26. The Bertz CT molecular complexity index is 901. The minimum atomic E-state index is -0.403. The molecule has 1 fully saturated rings. The molecule has 29 heavy (non-hydrogen) atoms. The molecule has 1 saturated heterocycles. The molecule has 0 saturated carbocycles. The summed E-state index contributed by atoms with van der Waals surface area (Å²) in [6.45, 7) is 1.11. The molecule has 152 valence electrons. The summed E-state index contributed by atoms with van der Waals surface area (Å²) in [6.07, 6.45) is 0.723. The average molecular weight is 416 g/mol. The molecule has 2 aromatic carbocycles. The van der Waals surface area contributed by atoms with Crippen molar-refractivity contribution >= 4 is 35.0 Å². The second kappa shape index (κ2) is 9.43. The van der Waals surface area contributed by atoms with Crippen LogP contribution in [0.15, 0.2) is 48.5 Å². The number of aromatic hydroxyl groups is 1. The summed E-state index contributed by atoms with van der Waals surface area (Å²) in [4.78, 5) is 38.1. The van der Waals surface area contributed by atoms with Crippen LogP contribution in [0.2, 0.25) is 5.02 Å². The molecule has 2 aromatic rings. The number of hydrogen-bond donors (Lipinski definition) is 3. The van der Waals surface area contributed by atoms with E-state index in [4.69, 9.17) is 11.6 Å². The highest BCUT2D eigenvalue weighted by molar-refractivity contribution is 6.30. The van der Waals surface area contributed by atoms with Crippen molar-refractivity contribution in [2.24, 2.45) is 5.92 Å². The number of anilines is 1. The van der Waals surface area contributed by atoms with E-state index in [-0.39, 0.29) is 29.9 Å². The van der Waals surface area contributed by atoms with Gasteiger partial charge in [-0.1, -0.05) is 17.7 Å². The average Bonchev–Trinajstić information content (AvgIpc) is 3.10. The zero-order chi connectivity index (χ0) is 20.8. The lowest BCUT2D eigenvalue weighted by Gasteiger charge is -2.16. The summed E-state index contributed by atoms with van der Waals surface area (Å²) < 4.78 is 0. The van der Waals surface area contributed by atoms with Crippen LogP contribution in [-0.2, 0) is 9.59 Å². The van der Waals surface area contributed by atoms with Gasteiger partial charge in [0.05, 0.1) is 5.92 Å². The first-order valence-corrected chi connectivity index (χ1v) is 9.72. The Kier molecular flexibility index (Phi) is 6.72. The summed E-state index contributed by atoms with van der Waals surface area (Å²) in [7, 11) is 0. The smallest absolute Gasteiger partial charge is 0.251 e. The van der Waals surface area contributed by atoms with Gasteiger partial charge in [-0.25, -0.2) is 0 Å². The number of nitrogens with zero attached hydrogens (tertiary/aromatic N) is 1. The van der Waals surface area contributed by atoms with Crippen LogP contribution < -0.4 is 15.5 Å². The van der Waals surface area contributed by atoms with E-state index in [9.17, 15) is 19.5 Å². The summed E-state index contributed by atoms with van der Waals surface area (Å²) in [6, 6.07) is 13.0. The topological polar surface area (TPSA) is 98.7 Å². The minimum absolute atomic E-state index is 0.0312. The lowest BCUT2D eigenvalue weighted by molar-refractivity contribution is -0.126. The van der Waals surface area contributed by atoms with E-state index in [0.29, 0.717) is 36.6 Å². The Balaban J connectivity index is 1.39. The van der Waals surface area contributed by atoms with E-state index in [1.165, 1.54) is 12.1 Å². The molecule has 1 aliphatic heterocycles. The molecule has 3 N–H and O–H groups in total. The van der Waals surface area contributed by atoms with Gasteiger partial charge in [-0.2, -0.15) is 0 Å². The van der Waals surface area contributed by atoms with Crippen LogP contribution in [0.1, 0.15) is 23.2 Å². The Hall–Kier alpha value is -3.06. The number of hydrogen-bond acceptors (Lipinski definition) is 4. The number of phenolic OH excluding ortho intramolecular Hbond substituents is 1. The first-order chi connectivity index (χ1) is 13.9. The molecule has 8 heteroatoms. The van der Waals surface area contributed by atoms with E-state index in [1.54, 1.807) is 41.3 Å². The molecule has 0 aromatic heterocycles. The van der Waals surface area contributed by atoms with E-state index in [2.05, 4.69) is 10.6 Å². The fourth-order valence-electron chi connectivity index (χ4n) is 3.15. The number of rotatable bonds is 7. The van der Waals surface area contributed by atoms with Crippen molar-refractivity contribution in [1.82, 2.24) is 10.6 Å². The van der Waals surface area contributed by atoms with Gasteiger partial charge >= 0.3 is 0 Å². The maximum absolute atomic E-state index is 12.4. The predicted octanol–water partition coefficient (Wildman–Crippen LogP) is 2.33. The Morgan fingerprint density at radius 3 is 2.55 bits per heavy atom. The van der Waals surface area contributed by atoms with Gasteiger partial charge in [-0.3, -0.25) is 14.4 Å². The van der Waals surface area contributed by atoms with E-state index >= 15 is 0 Å². The molecule has 1 aliphatic rings. The molecule has 0 radical (unpaired) electrons. The highest BCUT2D eigenvalue weighted by atomic mass is 35.5. The highest BCUT2D eigenvalue weighted by Gasteiger charge is 2.34. The maximum Gasteiger partial charge on any atom is 0.251 e. The maximum atomic E-state index is 12.4. The molecule has 3 rings (SSSR count). The third kappa shape index (κ3) is 5.48. The van der Waals surface area contributed by atoms with Gasteiger partial charge in [-0.15, -0.1) is 0 Å². The van der Waals surface area contributed by atoms with E-state index < -0.39 is 5.92 Å². The second-order valence-corrected chi connectivity index (χ2v) is 7.27. The van der Waals surface area contributed by atoms with Crippen molar-refractivity contribution in [3.63, 3.8) is 0 Å². The molecular formula is C21H22ClN3O4. The SMILES string of the molecule is O=C(NCCCNC(=O)C1CC(=O)N(c2ccc(Cl)cc2)C1)c1cccc(O)c1. The monoisotopic (exact) mass is 415 g/mol. The summed E-state index contributed by atoms with van der Waals surface area (Å²) in [5, 5.41) is 15.5.